The molecule has 4 heteroatoms. The number of benzene rings is 2. The average Bonchev–Trinajstić information content (AvgIpc) is 2.53. The van der Waals surface area contributed by atoms with Gasteiger partial charge in [-0.3, -0.25) is 0 Å². The zero-order valence-corrected chi connectivity index (χ0v) is 13.8. The number of hydrogen-bond donors (Lipinski definition) is 1. The van der Waals surface area contributed by atoms with Crippen LogP contribution in [0.5, 0.6) is 0 Å². The molecule has 2 aromatic rings. The molecule has 0 aromatic heterocycles. The molecule has 0 aliphatic carbocycles. The van der Waals surface area contributed by atoms with Crippen molar-refractivity contribution >= 4 is 23.2 Å². The van der Waals surface area contributed by atoms with Crippen molar-refractivity contribution in [1.29, 1.82) is 0 Å². The van der Waals surface area contributed by atoms with E-state index in [2.05, 4.69) is 29.6 Å². The van der Waals surface area contributed by atoms with Gasteiger partial charge in [0.15, 0.2) is 0 Å². The predicted octanol–water partition coefficient (Wildman–Crippen LogP) is 5.00. The first-order valence-electron chi connectivity index (χ1n) is 7.57. The highest BCUT2D eigenvalue weighted by molar-refractivity contribution is 6.34. The molecule has 1 heterocycles. The highest BCUT2D eigenvalue weighted by atomic mass is 35.5. The quantitative estimate of drug-likeness (QED) is 0.848. The Morgan fingerprint density at radius 3 is 2.50 bits per heavy atom. The van der Waals surface area contributed by atoms with Gasteiger partial charge in [0, 0.05) is 10.0 Å². The first kappa shape index (κ1) is 15.8. The SMILES string of the molecule is Clc1cc(Cl)cc(CO[C@@H]2CCCN[C@@H]2c2ccccc2)c1. The molecule has 1 fully saturated rings. The summed E-state index contributed by atoms with van der Waals surface area (Å²) in [5.41, 5.74) is 2.28. The van der Waals surface area contributed by atoms with Gasteiger partial charge in [-0.2, -0.15) is 0 Å². The molecule has 0 saturated carbocycles. The van der Waals surface area contributed by atoms with Crippen molar-refractivity contribution in [2.24, 2.45) is 0 Å². The summed E-state index contributed by atoms with van der Waals surface area (Å²) in [6, 6.07) is 16.3. The fraction of sp³-hybridized carbons (Fsp3) is 0.333. The fourth-order valence-electron chi connectivity index (χ4n) is 2.93. The summed E-state index contributed by atoms with van der Waals surface area (Å²) in [5.74, 6) is 0. The third-order valence-corrected chi connectivity index (χ3v) is 4.38. The van der Waals surface area contributed by atoms with Crippen LogP contribution in [-0.4, -0.2) is 12.6 Å². The summed E-state index contributed by atoms with van der Waals surface area (Å²) in [7, 11) is 0. The Bertz CT molecular complexity index is 597. The van der Waals surface area contributed by atoms with E-state index in [9.17, 15) is 0 Å². The van der Waals surface area contributed by atoms with Gasteiger partial charge in [0.25, 0.3) is 0 Å². The van der Waals surface area contributed by atoms with Crippen LogP contribution in [0, 0.1) is 0 Å². The van der Waals surface area contributed by atoms with E-state index in [4.69, 9.17) is 27.9 Å². The largest absolute Gasteiger partial charge is 0.372 e. The predicted molar refractivity (Wildman–Crippen MR) is 91.5 cm³/mol. The Morgan fingerprint density at radius 2 is 1.77 bits per heavy atom. The lowest BCUT2D eigenvalue weighted by Gasteiger charge is -2.33. The minimum absolute atomic E-state index is 0.161. The van der Waals surface area contributed by atoms with Crippen molar-refractivity contribution in [3.63, 3.8) is 0 Å². The van der Waals surface area contributed by atoms with Crippen LogP contribution in [0.4, 0.5) is 0 Å². The molecular formula is C18H19Cl2NO. The van der Waals surface area contributed by atoms with Gasteiger partial charge < -0.3 is 10.1 Å². The second kappa shape index (κ2) is 7.47. The lowest BCUT2D eigenvalue weighted by atomic mass is 9.94. The summed E-state index contributed by atoms with van der Waals surface area (Å²) in [6.45, 7) is 1.55. The fourth-order valence-corrected chi connectivity index (χ4v) is 3.50. The van der Waals surface area contributed by atoms with Crippen LogP contribution in [0.1, 0.15) is 30.0 Å². The molecule has 1 N–H and O–H groups in total. The van der Waals surface area contributed by atoms with E-state index in [1.54, 1.807) is 6.07 Å². The molecule has 2 aromatic carbocycles. The highest BCUT2D eigenvalue weighted by Gasteiger charge is 2.26. The topological polar surface area (TPSA) is 21.3 Å². The van der Waals surface area contributed by atoms with Gasteiger partial charge >= 0.3 is 0 Å². The zero-order chi connectivity index (χ0) is 15.4. The number of halogens is 2. The lowest BCUT2D eigenvalue weighted by molar-refractivity contribution is -0.00356. The van der Waals surface area contributed by atoms with Gasteiger partial charge in [-0.1, -0.05) is 53.5 Å². The van der Waals surface area contributed by atoms with Crippen LogP contribution < -0.4 is 5.32 Å². The number of ether oxygens (including phenoxy) is 1. The van der Waals surface area contributed by atoms with Crippen LogP contribution in [0.25, 0.3) is 0 Å². The maximum Gasteiger partial charge on any atom is 0.0774 e. The molecule has 0 bridgehead atoms. The van der Waals surface area contributed by atoms with Crippen molar-refractivity contribution < 1.29 is 4.74 Å². The van der Waals surface area contributed by atoms with Crippen LogP contribution in [0.3, 0.4) is 0 Å². The lowest BCUT2D eigenvalue weighted by Crippen LogP contribution is -2.39. The molecule has 0 amide bonds. The summed E-state index contributed by atoms with van der Waals surface area (Å²) in [5, 5.41) is 4.86. The highest BCUT2D eigenvalue weighted by Crippen LogP contribution is 2.27. The summed E-state index contributed by atoms with van der Waals surface area (Å²) in [6.07, 6.45) is 2.35. The maximum atomic E-state index is 6.17. The Kier molecular flexibility index (Phi) is 5.37. The Morgan fingerprint density at radius 1 is 1.05 bits per heavy atom. The minimum atomic E-state index is 0.161. The van der Waals surface area contributed by atoms with Gasteiger partial charge in [0.05, 0.1) is 18.8 Å². The standard InChI is InChI=1S/C18H19Cl2NO/c19-15-9-13(10-16(20)11-15)12-22-17-7-4-8-21-18(17)14-5-2-1-3-6-14/h1-3,5-6,9-11,17-18,21H,4,7-8,12H2/t17-,18-/m1/s1. The van der Waals surface area contributed by atoms with Gasteiger partial charge in [0.1, 0.15) is 0 Å². The van der Waals surface area contributed by atoms with Crippen LogP contribution in [0.2, 0.25) is 10.0 Å². The van der Waals surface area contributed by atoms with Crippen molar-refractivity contribution in [3.05, 3.63) is 69.7 Å². The van der Waals surface area contributed by atoms with E-state index in [-0.39, 0.29) is 12.1 Å². The minimum Gasteiger partial charge on any atom is -0.372 e. The monoisotopic (exact) mass is 335 g/mol. The van der Waals surface area contributed by atoms with Crippen molar-refractivity contribution in [3.8, 4) is 0 Å². The van der Waals surface area contributed by atoms with Gasteiger partial charge in [-0.05, 0) is 48.7 Å². The molecule has 1 aliphatic rings. The van der Waals surface area contributed by atoms with Crippen LogP contribution >= 0.6 is 23.2 Å². The third-order valence-electron chi connectivity index (χ3n) is 3.95. The molecule has 0 unspecified atom stereocenters. The van der Waals surface area contributed by atoms with E-state index in [1.807, 2.05) is 18.2 Å². The molecule has 1 saturated heterocycles. The van der Waals surface area contributed by atoms with E-state index in [1.165, 1.54) is 5.56 Å². The molecule has 2 atom stereocenters. The van der Waals surface area contributed by atoms with Crippen molar-refractivity contribution in [2.45, 2.75) is 31.6 Å². The molecule has 22 heavy (non-hydrogen) atoms. The van der Waals surface area contributed by atoms with Crippen LogP contribution in [-0.2, 0) is 11.3 Å². The third kappa shape index (κ3) is 4.02. The van der Waals surface area contributed by atoms with E-state index in [0.29, 0.717) is 16.7 Å². The summed E-state index contributed by atoms with van der Waals surface area (Å²) in [4.78, 5) is 0. The van der Waals surface area contributed by atoms with E-state index in [0.717, 1.165) is 24.9 Å². The van der Waals surface area contributed by atoms with E-state index >= 15 is 0 Å². The molecule has 2 nitrogen and oxygen atoms in total. The van der Waals surface area contributed by atoms with Gasteiger partial charge in [-0.15, -0.1) is 0 Å². The Balaban J connectivity index is 1.69. The van der Waals surface area contributed by atoms with Crippen LogP contribution in [0.15, 0.2) is 48.5 Å². The maximum absolute atomic E-state index is 6.17. The second-order valence-electron chi connectivity index (χ2n) is 5.61. The number of piperidine rings is 1. The normalized spacial score (nSPS) is 21.7. The summed E-state index contributed by atoms with van der Waals surface area (Å²) >= 11 is 12.1. The molecular weight excluding hydrogens is 317 g/mol. The van der Waals surface area contributed by atoms with E-state index < -0.39 is 0 Å². The molecule has 0 spiro atoms. The zero-order valence-electron chi connectivity index (χ0n) is 12.3. The van der Waals surface area contributed by atoms with Crippen molar-refractivity contribution in [2.75, 3.05) is 6.54 Å². The number of hydrogen-bond acceptors (Lipinski definition) is 2. The average molecular weight is 336 g/mol. The smallest absolute Gasteiger partial charge is 0.0774 e. The molecule has 116 valence electrons. The second-order valence-corrected chi connectivity index (χ2v) is 6.48. The molecule has 0 radical (unpaired) electrons. The van der Waals surface area contributed by atoms with Crippen molar-refractivity contribution in [1.82, 2.24) is 5.32 Å². The summed E-state index contributed by atoms with van der Waals surface area (Å²) < 4.78 is 6.17. The number of rotatable bonds is 4. The Hall–Kier alpha value is -1.06. The Labute approximate surface area is 141 Å². The first-order chi connectivity index (χ1) is 10.7. The van der Waals surface area contributed by atoms with Gasteiger partial charge in [-0.25, -0.2) is 0 Å². The molecule has 1 aliphatic heterocycles. The first-order valence-corrected chi connectivity index (χ1v) is 8.33. The number of nitrogens with one attached hydrogen (secondary N) is 1. The van der Waals surface area contributed by atoms with Gasteiger partial charge in [0.2, 0.25) is 0 Å². The molecule has 3 rings (SSSR count).